The number of hydrogen-bond acceptors (Lipinski definition) is 4. The van der Waals surface area contributed by atoms with E-state index in [1.807, 2.05) is 0 Å². The van der Waals surface area contributed by atoms with Gasteiger partial charge in [-0.2, -0.15) is 0 Å². The fourth-order valence-corrected chi connectivity index (χ4v) is 0.916. The van der Waals surface area contributed by atoms with Crippen LogP contribution in [0.25, 0.3) is 0 Å². The van der Waals surface area contributed by atoms with Crippen LogP contribution in [0.1, 0.15) is 0 Å². The molecule has 1 rings (SSSR count). The van der Waals surface area contributed by atoms with Crippen molar-refractivity contribution in [2.75, 3.05) is 17.7 Å². The molecule has 5 heteroatoms. The summed E-state index contributed by atoms with van der Waals surface area (Å²) >= 11 is 0. The Morgan fingerprint density at radius 3 is 2.92 bits per heavy atom. The van der Waals surface area contributed by atoms with E-state index in [0.717, 1.165) is 0 Å². The SMILES string of the molecule is C=CN(C)c1ncn(C)c(=O)c1N. The second kappa shape index (κ2) is 3.30. The molecule has 0 bridgehead atoms. The molecule has 0 fully saturated rings. The van der Waals surface area contributed by atoms with E-state index in [4.69, 9.17) is 5.73 Å². The third kappa shape index (κ3) is 1.53. The number of anilines is 2. The van der Waals surface area contributed by atoms with E-state index < -0.39 is 0 Å². The first-order valence-electron chi connectivity index (χ1n) is 3.74. The molecule has 1 heterocycles. The molecule has 0 aliphatic carbocycles. The zero-order valence-electron chi connectivity index (χ0n) is 7.69. The molecule has 0 aromatic carbocycles. The monoisotopic (exact) mass is 180 g/mol. The van der Waals surface area contributed by atoms with Crippen molar-refractivity contribution >= 4 is 11.5 Å². The molecule has 13 heavy (non-hydrogen) atoms. The summed E-state index contributed by atoms with van der Waals surface area (Å²) in [5.41, 5.74) is 5.46. The van der Waals surface area contributed by atoms with E-state index in [2.05, 4.69) is 11.6 Å². The summed E-state index contributed by atoms with van der Waals surface area (Å²) in [6, 6.07) is 0. The summed E-state index contributed by atoms with van der Waals surface area (Å²) in [5, 5.41) is 0. The quantitative estimate of drug-likeness (QED) is 0.692. The van der Waals surface area contributed by atoms with Crippen LogP contribution in [-0.2, 0) is 7.05 Å². The van der Waals surface area contributed by atoms with Crippen LogP contribution in [0.5, 0.6) is 0 Å². The van der Waals surface area contributed by atoms with Gasteiger partial charge in [-0.15, -0.1) is 0 Å². The number of aromatic nitrogens is 2. The summed E-state index contributed by atoms with van der Waals surface area (Å²) in [5.74, 6) is 0.429. The Morgan fingerprint density at radius 1 is 1.77 bits per heavy atom. The van der Waals surface area contributed by atoms with Gasteiger partial charge in [-0.3, -0.25) is 4.79 Å². The van der Waals surface area contributed by atoms with Gasteiger partial charge in [-0.25, -0.2) is 4.98 Å². The van der Waals surface area contributed by atoms with Crippen molar-refractivity contribution in [3.05, 3.63) is 29.5 Å². The Kier molecular flexibility index (Phi) is 2.36. The largest absolute Gasteiger partial charge is 0.391 e. The van der Waals surface area contributed by atoms with Crippen LogP contribution in [0.4, 0.5) is 11.5 Å². The highest BCUT2D eigenvalue weighted by atomic mass is 16.1. The fourth-order valence-electron chi connectivity index (χ4n) is 0.916. The lowest BCUT2D eigenvalue weighted by molar-refractivity contribution is 0.825. The molecular formula is C8H12N4O. The second-order valence-electron chi connectivity index (χ2n) is 2.69. The maximum atomic E-state index is 11.3. The second-order valence-corrected chi connectivity index (χ2v) is 2.69. The maximum absolute atomic E-state index is 11.3. The van der Waals surface area contributed by atoms with Gasteiger partial charge in [0.1, 0.15) is 5.69 Å². The van der Waals surface area contributed by atoms with Crippen molar-refractivity contribution in [2.45, 2.75) is 0 Å². The lowest BCUT2D eigenvalue weighted by Crippen LogP contribution is -2.24. The van der Waals surface area contributed by atoms with Gasteiger partial charge in [-0.05, 0) is 6.20 Å². The molecule has 0 spiro atoms. The van der Waals surface area contributed by atoms with Crippen molar-refractivity contribution in [3.8, 4) is 0 Å². The van der Waals surface area contributed by atoms with E-state index in [9.17, 15) is 4.79 Å². The summed E-state index contributed by atoms with van der Waals surface area (Å²) in [6.07, 6.45) is 2.96. The lowest BCUT2D eigenvalue weighted by Gasteiger charge is -2.14. The Hall–Kier alpha value is -1.78. The number of hydrogen-bond donors (Lipinski definition) is 1. The maximum Gasteiger partial charge on any atom is 0.278 e. The van der Waals surface area contributed by atoms with Crippen LogP contribution in [0.15, 0.2) is 23.9 Å². The van der Waals surface area contributed by atoms with Crippen molar-refractivity contribution < 1.29 is 0 Å². The number of nitrogens with zero attached hydrogens (tertiary/aromatic N) is 3. The van der Waals surface area contributed by atoms with Gasteiger partial charge in [0.25, 0.3) is 5.56 Å². The molecule has 0 atom stereocenters. The molecule has 0 unspecified atom stereocenters. The van der Waals surface area contributed by atoms with Gasteiger partial charge < -0.3 is 15.2 Å². The highest BCUT2D eigenvalue weighted by Crippen LogP contribution is 2.12. The zero-order valence-corrected chi connectivity index (χ0v) is 7.69. The molecule has 70 valence electrons. The van der Waals surface area contributed by atoms with E-state index in [0.29, 0.717) is 5.82 Å². The van der Waals surface area contributed by atoms with Gasteiger partial charge in [0.2, 0.25) is 0 Å². The summed E-state index contributed by atoms with van der Waals surface area (Å²) in [4.78, 5) is 16.9. The third-order valence-corrected chi connectivity index (χ3v) is 1.75. The smallest absolute Gasteiger partial charge is 0.278 e. The molecule has 0 aliphatic rings. The summed E-state index contributed by atoms with van der Waals surface area (Å²) in [7, 11) is 3.33. The van der Waals surface area contributed by atoms with Gasteiger partial charge in [0, 0.05) is 14.1 Å². The molecule has 5 nitrogen and oxygen atoms in total. The van der Waals surface area contributed by atoms with Gasteiger partial charge in [-0.1, -0.05) is 6.58 Å². The fraction of sp³-hybridized carbons (Fsp3) is 0.250. The zero-order chi connectivity index (χ0) is 10.0. The Bertz CT molecular complexity index is 382. The van der Waals surface area contributed by atoms with E-state index in [1.54, 1.807) is 19.0 Å². The Balaban J connectivity index is 3.34. The minimum atomic E-state index is -0.251. The number of nitrogen functional groups attached to an aromatic ring is 1. The first kappa shape index (κ1) is 9.31. The number of nitrogens with two attached hydrogens (primary N) is 1. The van der Waals surface area contributed by atoms with Crippen molar-refractivity contribution in [1.29, 1.82) is 0 Å². The highest BCUT2D eigenvalue weighted by molar-refractivity contribution is 5.61. The molecule has 0 aliphatic heterocycles. The van der Waals surface area contributed by atoms with Crippen molar-refractivity contribution in [3.63, 3.8) is 0 Å². The lowest BCUT2D eigenvalue weighted by atomic mass is 10.4. The molecule has 0 saturated carbocycles. The van der Waals surface area contributed by atoms with Crippen LogP contribution < -0.4 is 16.2 Å². The number of rotatable bonds is 2. The Labute approximate surface area is 76.1 Å². The minimum absolute atomic E-state index is 0.132. The highest BCUT2D eigenvalue weighted by Gasteiger charge is 2.08. The molecule has 2 N–H and O–H groups in total. The standard InChI is InChI=1S/C8H12N4O/c1-4-11(2)7-6(9)8(13)12(3)5-10-7/h4-5H,1,9H2,2-3H3. The van der Waals surface area contributed by atoms with E-state index in [-0.39, 0.29) is 11.2 Å². The van der Waals surface area contributed by atoms with Crippen LogP contribution in [0.2, 0.25) is 0 Å². The van der Waals surface area contributed by atoms with E-state index in [1.165, 1.54) is 17.1 Å². The van der Waals surface area contributed by atoms with Crippen molar-refractivity contribution in [1.82, 2.24) is 9.55 Å². The van der Waals surface area contributed by atoms with Crippen LogP contribution in [-0.4, -0.2) is 16.6 Å². The van der Waals surface area contributed by atoms with Crippen LogP contribution >= 0.6 is 0 Å². The Morgan fingerprint density at radius 2 is 2.38 bits per heavy atom. The molecule has 0 radical (unpaired) electrons. The molecule has 0 amide bonds. The van der Waals surface area contributed by atoms with Gasteiger partial charge in [0.05, 0.1) is 6.33 Å². The normalized spacial score (nSPS) is 9.69. The molecule has 1 aromatic heterocycles. The molecular weight excluding hydrogens is 168 g/mol. The first-order valence-corrected chi connectivity index (χ1v) is 3.74. The van der Waals surface area contributed by atoms with E-state index >= 15 is 0 Å². The van der Waals surface area contributed by atoms with Gasteiger partial charge >= 0.3 is 0 Å². The minimum Gasteiger partial charge on any atom is -0.391 e. The summed E-state index contributed by atoms with van der Waals surface area (Å²) < 4.78 is 1.33. The summed E-state index contributed by atoms with van der Waals surface area (Å²) in [6.45, 7) is 3.55. The van der Waals surface area contributed by atoms with Crippen LogP contribution in [0, 0.1) is 0 Å². The number of aryl methyl sites for hydroxylation is 1. The van der Waals surface area contributed by atoms with Crippen molar-refractivity contribution in [2.24, 2.45) is 7.05 Å². The topological polar surface area (TPSA) is 64.2 Å². The average Bonchev–Trinajstić information content (AvgIpc) is 2.13. The first-order chi connectivity index (χ1) is 6.07. The predicted molar refractivity (Wildman–Crippen MR) is 52.5 cm³/mol. The third-order valence-electron chi connectivity index (χ3n) is 1.75. The molecule has 1 aromatic rings. The van der Waals surface area contributed by atoms with Gasteiger partial charge in [0.15, 0.2) is 5.82 Å². The predicted octanol–water partition coefficient (Wildman–Crippen LogP) is -0.0578. The molecule has 0 saturated heterocycles. The average molecular weight is 180 g/mol. The van der Waals surface area contributed by atoms with Crippen LogP contribution in [0.3, 0.4) is 0 Å².